The van der Waals surface area contributed by atoms with Crippen molar-refractivity contribution in [2.45, 2.75) is 13.3 Å². The fourth-order valence-electron chi connectivity index (χ4n) is 2.05. The van der Waals surface area contributed by atoms with Gasteiger partial charge in [0.1, 0.15) is 0 Å². The molecule has 0 aliphatic rings. The van der Waals surface area contributed by atoms with Crippen LogP contribution < -0.4 is 5.32 Å². The molecule has 0 radical (unpaired) electrons. The third-order valence-electron chi connectivity index (χ3n) is 3.13. The van der Waals surface area contributed by atoms with Gasteiger partial charge in [0.05, 0.1) is 5.56 Å². The largest absolute Gasteiger partial charge is 0.478 e. The van der Waals surface area contributed by atoms with Crippen molar-refractivity contribution in [3.05, 3.63) is 65.2 Å². The lowest BCUT2D eigenvalue weighted by Gasteiger charge is -2.10. The van der Waals surface area contributed by atoms with E-state index in [2.05, 4.69) is 24.4 Å². The first-order valence-corrected chi connectivity index (χ1v) is 6.29. The Morgan fingerprint density at radius 1 is 1.11 bits per heavy atom. The molecule has 3 heteroatoms. The molecule has 0 saturated heterocycles. The molecule has 0 aliphatic heterocycles. The number of hydrogen-bond donors (Lipinski definition) is 2. The van der Waals surface area contributed by atoms with Crippen LogP contribution in [0, 0.1) is 6.92 Å². The summed E-state index contributed by atoms with van der Waals surface area (Å²) >= 11 is 0. The Hall–Kier alpha value is -2.29. The Bertz CT molecular complexity index is 578. The van der Waals surface area contributed by atoms with E-state index in [4.69, 9.17) is 5.11 Å². The average molecular weight is 255 g/mol. The molecule has 0 heterocycles. The smallest absolute Gasteiger partial charge is 0.337 e. The van der Waals surface area contributed by atoms with Crippen molar-refractivity contribution < 1.29 is 9.90 Å². The summed E-state index contributed by atoms with van der Waals surface area (Å²) in [5, 5.41) is 12.3. The van der Waals surface area contributed by atoms with E-state index >= 15 is 0 Å². The highest BCUT2D eigenvalue weighted by Crippen LogP contribution is 2.15. The third kappa shape index (κ3) is 3.35. The molecule has 0 fully saturated rings. The number of para-hydroxylation sites is 1. The molecule has 0 atom stereocenters. The summed E-state index contributed by atoms with van der Waals surface area (Å²) in [6.07, 6.45) is 0.876. The summed E-state index contributed by atoms with van der Waals surface area (Å²) in [5.41, 5.74) is 3.52. The van der Waals surface area contributed by atoms with E-state index in [1.165, 1.54) is 11.1 Å². The molecule has 3 nitrogen and oxygen atoms in total. The van der Waals surface area contributed by atoms with Crippen LogP contribution in [0.1, 0.15) is 21.5 Å². The van der Waals surface area contributed by atoms with Crippen molar-refractivity contribution in [3.63, 3.8) is 0 Å². The van der Waals surface area contributed by atoms with E-state index in [0.717, 1.165) is 13.0 Å². The number of anilines is 1. The SMILES string of the molecule is Cc1ccccc1CCNc1ccccc1C(=O)O. The van der Waals surface area contributed by atoms with Gasteiger partial charge in [-0.25, -0.2) is 4.79 Å². The van der Waals surface area contributed by atoms with Crippen molar-refractivity contribution >= 4 is 11.7 Å². The van der Waals surface area contributed by atoms with E-state index in [0.29, 0.717) is 11.3 Å². The fourth-order valence-corrected chi connectivity index (χ4v) is 2.05. The second-order valence-corrected chi connectivity index (χ2v) is 4.45. The van der Waals surface area contributed by atoms with Gasteiger partial charge in [0.2, 0.25) is 0 Å². The summed E-state index contributed by atoms with van der Waals surface area (Å²) in [7, 11) is 0. The Labute approximate surface area is 112 Å². The zero-order valence-corrected chi connectivity index (χ0v) is 10.9. The molecule has 98 valence electrons. The zero-order chi connectivity index (χ0) is 13.7. The van der Waals surface area contributed by atoms with Crippen LogP contribution in [0.15, 0.2) is 48.5 Å². The molecule has 0 aromatic heterocycles. The minimum atomic E-state index is -0.904. The van der Waals surface area contributed by atoms with Crippen molar-refractivity contribution in [1.29, 1.82) is 0 Å². The number of carboxylic acids is 1. The van der Waals surface area contributed by atoms with Crippen molar-refractivity contribution in [3.8, 4) is 0 Å². The van der Waals surface area contributed by atoms with Gasteiger partial charge in [-0.1, -0.05) is 36.4 Å². The number of benzene rings is 2. The highest BCUT2D eigenvalue weighted by atomic mass is 16.4. The Kier molecular flexibility index (Phi) is 4.18. The zero-order valence-electron chi connectivity index (χ0n) is 10.9. The summed E-state index contributed by atoms with van der Waals surface area (Å²) in [6, 6.07) is 15.2. The number of aryl methyl sites for hydroxylation is 1. The average Bonchev–Trinajstić information content (AvgIpc) is 2.41. The lowest BCUT2D eigenvalue weighted by atomic mass is 10.1. The van der Waals surface area contributed by atoms with E-state index in [1.54, 1.807) is 18.2 Å². The number of aromatic carboxylic acids is 1. The molecule has 0 aliphatic carbocycles. The molecule has 19 heavy (non-hydrogen) atoms. The molecule has 0 bridgehead atoms. The topological polar surface area (TPSA) is 49.3 Å². The maximum Gasteiger partial charge on any atom is 0.337 e. The fraction of sp³-hybridized carbons (Fsp3) is 0.188. The highest BCUT2D eigenvalue weighted by Gasteiger charge is 2.08. The van der Waals surface area contributed by atoms with Gasteiger partial charge in [0, 0.05) is 12.2 Å². The lowest BCUT2D eigenvalue weighted by Crippen LogP contribution is -2.09. The van der Waals surface area contributed by atoms with E-state index in [9.17, 15) is 4.79 Å². The van der Waals surface area contributed by atoms with Gasteiger partial charge in [0.25, 0.3) is 0 Å². The van der Waals surface area contributed by atoms with Crippen LogP contribution in [0.25, 0.3) is 0 Å². The summed E-state index contributed by atoms with van der Waals surface area (Å²) in [6.45, 7) is 2.80. The second kappa shape index (κ2) is 6.05. The molecule has 0 saturated carbocycles. The van der Waals surface area contributed by atoms with Crippen LogP contribution in [-0.4, -0.2) is 17.6 Å². The first-order chi connectivity index (χ1) is 9.18. The predicted octanol–water partition coefficient (Wildman–Crippen LogP) is 3.35. The third-order valence-corrected chi connectivity index (χ3v) is 3.13. The first kappa shape index (κ1) is 13.1. The van der Waals surface area contributed by atoms with Gasteiger partial charge in [0.15, 0.2) is 0 Å². The van der Waals surface area contributed by atoms with Gasteiger partial charge < -0.3 is 10.4 Å². The van der Waals surface area contributed by atoms with Gasteiger partial charge in [-0.3, -0.25) is 0 Å². The quantitative estimate of drug-likeness (QED) is 0.861. The number of rotatable bonds is 5. The maximum absolute atomic E-state index is 11.1. The number of carboxylic acid groups (broad SMARTS) is 1. The highest BCUT2D eigenvalue weighted by molar-refractivity contribution is 5.94. The standard InChI is InChI=1S/C16H17NO2/c1-12-6-2-3-7-13(12)10-11-17-15-9-5-4-8-14(15)16(18)19/h2-9,17H,10-11H2,1H3,(H,18,19). The summed E-state index contributed by atoms with van der Waals surface area (Å²) < 4.78 is 0. The molecular formula is C16H17NO2. The van der Waals surface area contributed by atoms with Crippen LogP contribution in [0.2, 0.25) is 0 Å². The lowest BCUT2D eigenvalue weighted by molar-refractivity contribution is 0.0698. The van der Waals surface area contributed by atoms with E-state index in [-0.39, 0.29) is 0 Å². The summed E-state index contributed by atoms with van der Waals surface area (Å²) in [4.78, 5) is 11.1. The van der Waals surface area contributed by atoms with Crippen LogP contribution in [0.5, 0.6) is 0 Å². The first-order valence-electron chi connectivity index (χ1n) is 6.29. The molecule has 2 rings (SSSR count). The summed E-state index contributed by atoms with van der Waals surface area (Å²) in [5.74, 6) is -0.904. The van der Waals surface area contributed by atoms with Crippen LogP contribution in [0.3, 0.4) is 0 Å². The molecule has 0 amide bonds. The Balaban J connectivity index is 2.00. The van der Waals surface area contributed by atoms with Gasteiger partial charge in [-0.15, -0.1) is 0 Å². The minimum Gasteiger partial charge on any atom is -0.478 e. The molecule has 2 N–H and O–H groups in total. The molecular weight excluding hydrogens is 238 g/mol. The second-order valence-electron chi connectivity index (χ2n) is 4.45. The maximum atomic E-state index is 11.1. The van der Waals surface area contributed by atoms with Gasteiger partial charge >= 0.3 is 5.97 Å². The van der Waals surface area contributed by atoms with Crippen LogP contribution >= 0.6 is 0 Å². The molecule has 2 aromatic rings. The minimum absolute atomic E-state index is 0.312. The molecule has 0 unspecified atom stereocenters. The van der Waals surface area contributed by atoms with Crippen LogP contribution in [0.4, 0.5) is 5.69 Å². The van der Waals surface area contributed by atoms with Crippen molar-refractivity contribution in [1.82, 2.24) is 0 Å². The predicted molar refractivity (Wildman–Crippen MR) is 76.8 cm³/mol. The van der Waals surface area contributed by atoms with Crippen molar-refractivity contribution in [2.75, 3.05) is 11.9 Å². The molecule has 0 spiro atoms. The van der Waals surface area contributed by atoms with Crippen molar-refractivity contribution in [2.24, 2.45) is 0 Å². The number of carbonyl (C=O) groups is 1. The van der Waals surface area contributed by atoms with Gasteiger partial charge in [-0.05, 0) is 36.6 Å². The number of hydrogen-bond acceptors (Lipinski definition) is 2. The van der Waals surface area contributed by atoms with Crippen LogP contribution in [-0.2, 0) is 6.42 Å². The monoisotopic (exact) mass is 255 g/mol. The Morgan fingerprint density at radius 3 is 2.53 bits per heavy atom. The molecule has 2 aromatic carbocycles. The van der Waals surface area contributed by atoms with E-state index in [1.807, 2.05) is 18.2 Å². The normalized spacial score (nSPS) is 10.2. The number of nitrogens with one attached hydrogen (secondary N) is 1. The van der Waals surface area contributed by atoms with Gasteiger partial charge in [-0.2, -0.15) is 0 Å². The van der Waals surface area contributed by atoms with E-state index < -0.39 is 5.97 Å². The Morgan fingerprint density at radius 2 is 1.79 bits per heavy atom.